The normalized spacial score (nSPS) is 31.6. The van der Waals surface area contributed by atoms with Crippen LogP contribution in [0.5, 0.6) is 0 Å². The number of nitrogens with one attached hydrogen (secondary N) is 1. The summed E-state index contributed by atoms with van der Waals surface area (Å²) in [4.78, 5) is 25.7. The summed E-state index contributed by atoms with van der Waals surface area (Å²) in [5.74, 6) is 0.964. The second-order valence-electron chi connectivity index (χ2n) is 9.58. The van der Waals surface area contributed by atoms with E-state index in [4.69, 9.17) is 11.6 Å². The molecule has 0 saturated heterocycles. The molecule has 0 aromatic heterocycles. The van der Waals surface area contributed by atoms with Gasteiger partial charge in [0.15, 0.2) is 5.78 Å². The first kappa shape index (κ1) is 19.8. The minimum absolute atomic E-state index is 0.0965. The lowest BCUT2D eigenvalue weighted by molar-refractivity contribution is -0.136. The first-order valence-corrected chi connectivity index (χ1v) is 11.1. The highest BCUT2D eigenvalue weighted by Gasteiger charge is 2.55. The van der Waals surface area contributed by atoms with Crippen LogP contribution in [0.4, 0.5) is 0 Å². The van der Waals surface area contributed by atoms with E-state index in [-0.39, 0.29) is 22.8 Å². The monoisotopic (exact) mass is 423 g/mol. The third-order valence-corrected chi connectivity index (χ3v) is 7.64. The zero-order valence-electron chi connectivity index (χ0n) is 17.0. The van der Waals surface area contributed by atoms with Crippen molar-refractivity contribution in [2.75, 3.05) is 0 Å². The average molecular weight is 424 g/mol. The number of aryl methyl sites for hydroxylation is 1. The lowest BCUT2D eigenvalue weighted by atomic mass is 9.52. The molecule has 6 rings (SSSR count). The summed E-state index contributed by atoms with van der Waals surface area (Å²) in [5.41, 5.74) is 2.03. The maximum absolute atomic E-state index is 13.0. The number of hydrogen-bond donors (Lipinski definition) is 2. The number of amides is 1. The first-order chi connectivity index (χ1) is 14.3. The molecule has 4 nitrogen and oxygen atoms in total. The molecule has 2 aromatic rings. The third kappa shape index (κ3) is 3.46. The molecule has 0 heterocycles. The lowest BCUT2D eigenvalue weighted by Gasteiger charge is -2.58. The van der Waals surface area contributed by atoms with Gasteiger partial charge in [-0.3, -0.25) is 9.59 Å². The summed E-state index contributed by atoms with van der Waals surface area (Å²) in [5, 5.41) is 14.2. The van der Waals surface area contributed by atoms with Crippen LogP contribution < -0.4 is 5.32 Å². The molecule has 1 amide bonds. The van der Waals surface area contributed by atoms with Crippen LogP contribution in [0.2, 0.25) is 5.02 Å². The first-order valence-electron chi connectivity index (χ1n) is 10.8. The van der Waals surface area contributed by atoms with Gasteiger partial charge in [0.25, 0.3) is 5.91 Å². The summed E-state index contributed by atoms with van der Waals surface area (Å²) in [6.45, 7) is 1.97. The number of ketones is 1. The van der Waals surface area contributed by atoms with E-state index >= 15 is 0 Å². The van der Waals surface area contributed by atoms with Gasteiger partial charge < -0.3 is 10.4 Å². The number of halogens is 1. The summed E-state index contributed by atoms with van der Waals surface area (Å²) in [7, 11) is 0. The van der Waals surface area contributed by atoms with E-state index < -0.39 is 5.60 Å². The van der Waals surface area contributed by atoms with Crippen molar-refractivity contribution in [3.8, 4) is 0 Å². The van der Waals surface area contributed by atoms with E-state index in [1.807, 2.05) is 19.1 Å². The zero-order chi connectivity index (χ0) is 21.0. The molecule has 0 spiro atoms. The Morgan fingerprint density at radius 2 is 1.63 bits per heavy atom. The van der Waals surface area contributed by atoms with Gasteiger partial charge in [-0.05, 0) is 68.9 Å². The van der Waals surface area contributed by atoms with Crippen molar-refractivity contribution in [2.45, 2.75) is 50.7 Å². The maximum Gasteiger partial charge on any atom is 0.253 e. The van der Waals surface area contributed by atoms with Crippen molar-refractivity contribution in [2.24, 2.45) is 17.8 Å². The molecule has 4 bridgehead atoms. The van der Waals surface area contributed by atoms with Gasteiger partial charge >= 0.3 is 0 Å². The summed E-state index contributed by atoms with van der Waals surface area (Å²) in [6.07, 6.45) is 4.65. The molecule has 5 heteroatoms. The van der Waals surface area contributed by atoms with E-state index in [1.54, 1.807) is 30.3 Å². The van der Waals surface area contributed by atoms with E-state index in [0.717, 1.165) is 37.7 Å². The van der Waals surface area contributed by atoms with Crippen LogP contribution in [0.3, 0.4) is 0 Å². The average Bonchev–Trinajstić information content (AvgIpc) is 2.69. The van der Waals surface area contributed by atoms with Gasteiger partial charge in [0, 0.05) is 17.2 Å². The largest absolute Gasteiger partial charge is 0.390 e. The minimum atomic E-state index is -0.520. The predicted molar refractivity (Wildman–Crippen MR) is 116 cm³/mol. The molecule has 0 radical (unpaired) electrons. The summed E-state index contributed by atoms with van der Waals surface area (Å²) in [6, 6.07) is 12.4. The summed E-state index contributed by atoms with van der Waals surface area (Å²) >= 11 is 6.42. The number of rotatable bonds is 4. The zero-order valence-corrected chi connectivity index (χ0v) is 17.8. The second kappa shape index (κ2) is 7.21. The third-order valence-electron chi connectivity index (χ3n) is 7.33. The smallest absolute Gasteiger partial charge is 0.253 e. The molecule has 0 aliphatic heterocycles. The lowest BCUT2D eigenvalue weighted by Crippen LogP contribution is -2.61. The van der Waals surface area contributed by atoms with Crippen molar-refractivity contribution >= 4 is 23.3 Å². The van der Waals surface area contributed by atoms with Crippen LogP contribution in [0.1, 0.15) is 63.9 Å². The molecule has 4 saturated carbocycles. The second-order valence-corrected chi connectivity index (χ2v) is 9.99. The van der Waals surface area contributed by atoms with Gasteiger partial charge in [0.1, 0.15) is 0 Å². The van der Waals surface area contributed by atoms with Gasteiger partial charge in [-0.1, -0.05) is 47.5 Å². The topological polar surface area (TPSA) is 66.4 Å². The van der Waals surface area contributed by atoms with Crippen LogP contribution in [0, 0.1) is 24.7 Å². The Morgan fingerprint density at radius 1 is 1.00 bits per heavy atom. The molecular formula is C25H26ClNO3. The van der Waals surface area contributed by atoms with Crippen LogP contribution >= 0.6 is 11.6 Å². The summed E-state index contributed by atoms with van der Waals surface area (Å²) < 4.78 is 0. The van der Waals surface area contributed by atoms with Gasteiger partial charge in [0.2, 0.25) is 0 Å². The Labute approximate surface area is 181 Å². The Kier molecular flexibility index (Phi) is 4.75. The van der Waals surface area contributed by atoms with Crippen molar-refractivity contribution in [3.05, 3.63) is 69.7 Å². The molecule has 4 aliphatic carbocycles. The Balaban J connectivity index is 1.32. The van der Waals surface area contributed by atoms with Crippen LogP contribution in [0.25, 0.3) is 0 Å². The molecule has 4 aliphatic rings. The van der Waals surface area contributed by atoms with Crippen molar-refractivity contribution in [1.82, 2.24) is 5.32 Å². The van der Waals surface area contributed by atoms with Crippen LogP contribution in [-0.2, 0) is 0 Å². The maximum atomic E-state index is 13.0. The number of carbonyl (C=O) groups excluding carboxylic acids is 2. The molecule has 2 aromatic carbocycles. The van der Waals surface area contributed by atoms with Gasteiger partial charge in [-0.15, -0.1) is 0 Å². The molecule has 2 atom stereocenters. The van der Waals surface area contributed by atoms with E-state index in [9.17, 15) is 14.7 Å². The van der Waals surface area contributed by atoms with Crippen molar-refractivity contribution in [3.63, 3.8) is 0 Å². The fourth-order valence-corrected chi connectivity index (χ4v) is 6.42. The van der Waals surface area contributed by atoms with Gasteiger partial charge in [-0.25, -0.2) is 0 Å². The predicted octanol–water partition coefficient (Wildman–Crippen LogP) is 4.55. The van der Waals surface area contributed by atoms with E-state index in [0.29, 0.717) is 34.4 Å². The SMILES string of the molecule is Cc1ccc(C(=O)c2ccc(C(=O)NC3C4CC5CC3CC(O)(C5)C4)c(Cl)c2)cc1. The number of hydrogen-bond acceptors (Lipinski definition) is 3. The molecule has 4 fully saturated rings. The van der Waals surface area contributed by atoms with Crippen LogP contribution in [-0.4, -0.2) is 28.4 Å². The van der Waals surface area contributed by atoms with Gasteiger partial charge in [-0.2, -0.15) is 0 Å². The minimum Gasteiger partial charge on any atom is -0.390 e. The standard InChI is InChI=1S/C25H26ClNO3/c1-14-2-4-16(5-3-14)23(28)17-6-7-20(21(26)10-17)24(29)27-22-18-8-15-9-19(22)13-25(30,11-15)12-18/h2-7,10,15,18-19,22,30H,8-9,11-13H2,1H3,(H,27,29). The fraction of sp³-hybridized carbons (Fsp3) is 0.440. The Bertz CT molecular complexity index is 1000. The highest BCUT2D eigenvalue weighted by molar-refractivity contribution is 6.34. The molecule has 2 unspecified atom stereocenters. The number of aliphatic hydroxyl groups is 1. The molecule has 156 valence electrons. The number of benzene rings is 2. The Morgan fingerprint density at radius 3 is 2.23 bits per heavy atom. The van der Waals surface area contributed by atoms with Crippen molar-refractivity contribution < 1.29 is 14.7 Å². The molecule has 2 N–H and O–H groups in total. The number of carbonyl (C=O) groups is 2. The van der Waals surface area contributed by atoms with E-state index in [1.165, 1.54) is 0 Å². The van der Waals surface area contributed by atoms with Crippen LogP contribution in [0.15, 0.2) is 42.5 Å². The Hall–Kier alpha value is -2.17. The van der Waals surface area contributed by atoms with Crippen molar-refractivity contribution in [1.29, 1.82) is 0 Å². The highest BCUT2D eigenvalue weighted by Crippen LogP contribution is 2.55. The van der Waals surface area contributed by atoms with E-state index in [2.05, 4.69) is 5.32 Å². The molecular weight excluding hydrogens is 398 g/mol. The quantitative estimate of drug-likeness (QED) is 0.709. The fourth-order valence-electron chi connectivity index (χ4n) is 6.16. The van der Waals surface area contributed by atoms with Gasteiger partial charge in [0.05, 0.1) is 16.2 Å². The molecule has 30 heavy (non-hydrogen) atoms. The highest BCUT2D eigenvalue weighted by atomic mass is 35.5.